The average molecular weight is 464 g/mol. The van der Waals surface area contributed by atoms with Gasteiger partial charge in [-0.15, -0.1) is 24.0 Å². The Hall–Kier alpha value is -1.71. The van der Waals surface area contributed by atoms with Crippen molar-refractivity contribution < 1.29 is 14.3 Å². The van der Waals surface area contributed by atoms with Crippen molar-refractivity contribution in [2.45, 2.75) is 26.9 Å². The number of nitrogens with one attached hydrogen (secondary N) is 3. The molecule has 0 spiro atoms. The van der Waals surface area contributed by atoms with E-state index in [4.69, 9.17) is 9.47 Å². The first kappa shape index (κ1) is 23.3. The molecule has 1 aromatic rings. The Morgan fingerprint density at radius 1 is 1.16 bits per heavy atom. The van der Waals surface area contributed by atoms with Gasteiger partial charge in [0.1, 0.15) is 6.10 Å². The molecule has 8 heteroatoms. The number of methoxy groups -OCH3 is 1. The highest BCUT2D eigenvalue weighted by atomic mass is 127. The van der Waals surface area contributed by atoms with Crippen LogP contribution in [-0.2, 0) is 4.79 Å². The van der Waals surface area contributed by atoms with Crippen molar-refractivity contribution in [2.75, 3.05) is 33.3 Å². The molecule has 0 aromatic heterocycles. The van der Waals surface area contributed by atoms with Gasteiger partial charge in [-0.1, -0.05) is 12.1 Å². The zero-order chi connectivity index (χ0) is 17.8. The molecule has 0 saturated carbocycles. The second-order valence-electron chi connectivity index (χ2n) is 5.21. The Kier molecular flexibility index (Phi) is 12.6. The molecule has 0 radical (unpaired) electrons. The zero-order valence-electron chi connectivity index (χ0n) is 15.3. The smallest absolute Gasteiger partial charge is 0.216 e. The van der Waals surface area contributed by atoms with Crippen LogP contribution in [0.2, 0.25) is 0 Å². The first-order chi connectivity index (χ1) is 11.6. The van der Waals surface area contributed by atoms with Gasteiger partial charge in [0.05, 0.1) is 13.7 Å². The van der Waals surface area contributed by atoms with E-state index in [1.54, 1.807) is 7.11 Å². The van der Waals surface area contributed by atoms with Crippen LogP contribution in [0.1, 0.15) is 20.8 Å². The molecule has 3 N–H and O–H groups in total. The summed E-state index contributed by atoms with van der Waals surface area (Å²) >= 11 is 0. The van der Waals surface area contributed by atoms with Crippen LogP contribution in [0.5, 0.6) is 11.5 Å². The highest BCUT2D eigenvalue weighted by molar-refractivity contribution is 14.0. The van der Waals surface area contributed by atoms with Crippen molar-refractivity contribution in [1.29, 1.82) is 0 Å². The lowest BCUT2D eigenvalue weighted by atomic mass is 10.3. The lowest BCUT2D eigenvalue weighted by Gasteiger charge is -2.16. The molecule has 0 heterocycles. The van der Waals surface area contributed by atoms with Crippen molar-refractivity contribution in [3.05, 3.63) is 24.3 Å². The van der Waals surface area contributed by atoms with Gasteiger partial charge in [-0.05, 0) is 26.0 Å². The van der Waals surface area contributed by atoms with Crippen molar-refractivity contribution in [3.8, 4) is 11.5 Å². The third-order valence-corrected chi connectivity index (χ3v) is 3.04. The number of carbonyl (C=O) groups excluding carboxylic acids is 1. The molecule has 1 amide bonds. The van der Waals surface area contributed by atoms with E-state index in [9.17, 15) is 4.79 Å². The highest BCUT2D eigenvalue weighted by Gasteiger charge is 2.08. The van der Waals surface area contributed by atoms with Gasteiger partial charge in [-0.25, -0.2) is 4.99 Å². The van der Waals surface area contributed by atoms with Gasteiger partial charge in [0, 0.05) is 26.6 Å². The molecule has 1 unspecified atom stereocenters. The molecular weight excluding hydrogens is 435 g/mol. The van der Waals surface area contributed by atoms with Crippen LogP contribution >= 0.6 is 24.0 Å². The quantitative estimate of drug-likeness (QED) is 0.225. The maximum absolute atomic E-state index is 10.8. The van der Waals surface area contributed by atoms with Crippen molar-refractivity contribution in [1.82, 2.24) is 16.0 Å². The molecule has 1 aromatic carbocycles. The molecule has 0 aliphatic rings. The zero-order valence-corrected chi connectivity index (χ0v) is 17.6. The molecule has 0 bridgehead atoms. The van der Waals surface area contributed by atoms with E-state index in [1.165, 1.54) is 6.92 Å². The van der Waals surface area contributed by atoms with Crippen LogP contribution in [-0.4, -0.2) is 51.3 Å². The third kappa shape index (κ3) is 10.0. The number of amides is 1. The first-order valence-corrected chi connectivity index (χ1v) is 8.13. The predicted octanol–water partition coefficient (Wildman–Crippen LogP) is 1.77. The maximum Gasteiger partial charge on any atom is 0.216 e. The van der Waals surface area contributed by atoms with Gasteiger partial charge in [-0.3, -0.25) is 4.79 Å². The van der Waals surface area contributed by atoms with E-state index in [1.807, 2.05) is 38.1 Å². The van der Waals surface area contributed by atoms with Crippen LogP contribution in [0.25, 0.3) is 0 Å². The molecule has 1 atom stereocenters. The van der Waals surface area contributed by atoms with Crippen molar-refractivity contribution in [3.63, 3.8) is 0 Å². The number of ether oxygens (including phenoxy) is 2. The summed E-state index contributed by atoms with van der Waals surface area (Å²) in [4.78, 5) is 15.3. The van der Waals surface area contributed by atoms with Gasteiger partial charge in [-0.2, -0.15) is 0 Å². The Morgan fingerprint density at radius 2 is 1.80 bits per heavy atom. The van der Waals surface area contributed by atoms with Crippen LogP contribution in [0.4, 0.5) is 0 Å². The van der Waals surface area contributed by atoms with E-state index in [0.717, 1.165) is 6.54 Å². The fourth-order valence-electron chi connectivity index (χ4n) is 1.95. The molecular formula is C17H29IN4O3. The van der Waals surface area contributed by atoms with Crippen LogP contribution < -0.4 is 25.4 Å². The summed E-state index contributed by atoms with van der Waals surface area (Å²) in [6, 6.07) is 7.53. The largest absolute Gasteiger partial charge is 0.493 e. The van der Waals surface area contributed by atoms with Gasteiger partial charge in [0.25, 0.3) is 0 Å². The number of hydrogen-bond donors (Lipinski definition) is 3. The fourth-order valence-corrected chi connectivity index (χ4v) is 1.95. The van der Waals surface area contributed by atoms with Gasteiger partial charge < -0.3 is 25.4 Å². The molecule has 0 aliphatic heterocycles. The monoisotopic (exact) mass is 464 g/mol. The predicted molar refractivity (Wildman–Crippen MR) is 111 cm³/mol. The molecule has 142 valence electrons. The number of carbonyl (C=O) groups is 1. The number of guanidine groups is 1. The number of aliphatic imine (C=N–C) groups is 1. The fraction of sp³-hybridized carbons (Fsp3) is 0.529. The minimum absolute atomic E-state index is 0. The summed E-state index contributed by atoms with van der Waals surface area (Å²) < 4.78 is 11.2. The minimum Gasteiger partial charge on any atom is -0.493 e. The topological polar surface area (TPSA) is 84.0 Å². The number of rotatable bonds is 9. The highest BCUT2D eigenvalue weighted by Crippen LogP contribution is 2.26. The Morgan fingerprint density at radius 3 is 2.40 bits per heavy atom. The molecule has 7 nitrogen and oxygen atoms in total. The van der Waals surface area contributed by atoms with Crippen LogP contribution in [0.3, 0.4) is 0 Å². The van der Waals surface area contributed by atoms with Gasteiger partial charge in [0.15, 0.2) is 17.5 Å². The number of hydrogen-bond acceptors (Lipinski definition) is 4. The number of benzene rings is 1. The van der Waals surface area contributed by atoms with Crippen molar-refractivity contribution in [2.24, 2.45) is 4.99 Å². The number of nitrogens with zero attached hydrogens (tertiary/aromatic N) is 1. The Labute approximate surface area is 167 Å². The van der Waals surface area contributed by atoms with Gasteiger partial charge >= 0.3 is 0 Å². The summed E-state index contributed by atoms with van der Waals surface area (Å²) in [5.74, 6) is 2.05. The third-order valence-electron chi connectivity index (χ3n) is 3.04. The summed E-state index contributed by atoms with van der Waals surface area (Å²) in [6.45, 7) is 7.86. The lowest BCUT2D eigenvalue weighted by molar-refractivity contribution is -0.118. The van der Waals surface area contributed by atoms with Gasteiger partial charge in [0.2, 0.25) is 5.91 Å². The maximum atomic E-state index is 10.8. The van der Waals surface area contributed by atoms with E-state index >= 15 is 0 Å². The molecule has 1 rings (SSSR count). The normalized spacial score (nSPS) is 11.8. The standard InChI is InChI=1S/C17H28N4O3.HI/c1-5-18-17(20-11-10-19-14(3)22)21-12-13(2)24-16-9-7-6-8-15(16)23-4;/h6-9,13H,5,10-12H2,1-4H3,(H,19,22)(H2,18,20,21);1H. The number of halogens is 1. The van der Waals surface area contributed by atoms with Crippen molar-refractivity contribution >= 4 is 35.8 Å². The molecule has 25 heavy (non-hydrogen) atoms. The summed E-state index contributed by atoms with van der Waals surface area (Å²) in [6.07, 6.45) is -0.105. The second kappa shape index (κ2) is 13.6. The van der Waals surface area contributed by atoms with E-state index in [2.05, 4.69) is 20.9 Å². The summed E-state index contributed by atoms with van der Waals surface area (Å²) in [5.41, 5.74) is 0. The lowest BCUT2D eigenvalue weighted by Crippen LogP contribution is -2.41. The summed E-state index contributed by atoms with van der Waals surface area (Å²) in [7, 11) is 1.62. The minimum atomic E-state index is -0.105. The van der Waals surface area contributed by atoms with E-state index in [0.29, 0.717) is 37.1 Å². The van der Waals surface area contributed by atoms with Crippen LogP contribution in [0, 0.1) is 0 Å². The Balaban J connectivity index is 0.00000576. The Bertz CT molecular complexity index is 540. The number of para-hydroxylation sites is 2. The molecule has 0 saturated heterocycles. The second-order valence-corrected chi connectivity index (χ2v) is 5.21. The van der Waals surface area contributed by atoms with E-state index in [-0.39, 0.29) is 36.0 Å². The molecule has 0 fully saturated rings. The summed E-state index contributed by atoms with van der Waals surface area (Å²) in [5, 5.41) is 9.05. The van der Waals surface area contributed by atoms with E-state index < -0.39 is 0 Å². The van der Waals surface area contributed by atoms with Crippen LogP contribution in [0.15, 0.2) is 29.3 Å². The average Bonchev–Trinajstić information content (AvgIpc) is 2.56. The molecule has 0 aliphatic carbocycles. The SMILES string of the molecule is CCNC(=NCC(C)Oc1ccccc1OC)NCCNC(C)=O.I. The first-order valence-electron chi connectivity index (χ1n) is 8.13.